The standard InChI is InChI=1S/C14H12F3N3O/c15-14(16,17)21-9-6-4-8(5-7-9)13-19-11-3-1-2-10(11)12(18)20-13/h4-7H,1-3H2,(H2,18,19,20). The second-order valence-electron chi connectivity index (χ2n) is 4.78. The van der Waals surface area contributed by atoms with Crippen LogP contribution in [0.25, 0.3) is 11.4 Å². The topological polar surface area (TPSA) is 61.0 Å². The number of benzene rings is 1. The average Bonchev–Trinajstić information content (AvgIpc) is 2.86. The predicted octanol–water partition coefficient (Wildman–Crippen LogP) is 3.11. The summed E-state index contributed by atoms with van der Waals surface area (Å²) in [5, 5.41) is 0. The summed E-state index contributed by atoms with van der Waals surface area (Å²) in [5.74, 6) is 0.593. The molecular formula is C14H12F3N3O. The molecule has 0 bridgehead atoms. The first-order valence-electron chi connectivity index (χ1n) is 6.44. The summed E-state index contributed by atoms with van der Waals surface area (Å²) in [4.78, 5) is 8.66. The highest BCUT2D eigenvalue weighted by Crippen LogP contribution is 2.29. The molecule has 0 atom stereocenters. The van der Waals surface area contributed by atoms with E-state index < -0.39 is 6.36 Å². The Kier molecular flexibility index (Phi) is 3.19. The van der Waals surface area contributed by atoms with Crippen molar-refractivity contribution in [1.82, 2.24) is 9.97 Å². The van der Waals surface area contributed by atoms with Gasteiger partial charge in [0, 0.05) is 16.8 Å². The first kappa shape index (κ1) is 13.7. The molecule has 21 heavy (non-hydrogen) atoms. The lowest BCUT2D eigenvalue weighted by Crippen LogP contribution is -2.16. The van der Waals surface area contributed by atoms with Crippen LogP contribution >= 0.6 is 0 Å². The summed E-state index contributed by atoms with van der Waals surface area (Å²) in [6.45, 7) is 0. The first-order chi connectivity index (χ1) is 9.92. The Balaban J connectivity index is 1.89. The molecule has 110 valence electrons. The Morgan fingerprint density at radius 3 is 2.43 bits per heavy atom. The maximum Gasteiger partial charge on any atom is 0.573 e. The predicted molar refractivity (Wildman–Crippen MR) is 70.6 cm³/mol. The van der Waals surface area contributed by atoms with Gasteiger partial charge in [-0.2, -0.15) is 0 Å². The van der Waals surface area contributed by atoms with Gasteiger partial charge in [0.15, 0.2) is 5.82 Å². The molecule has 1 aliphatic carbocycles. The van der Waals surface area contributed by atoms with E-state index in [1.54, 1.807) is 0 Å². The molecule has 1 aromatic heterocycles. The fraction of sp³-hybridized carbons (Fsp3) is 0.286. The lowest BCUT2D eigenvalue weighted by molar-refractivity contribution is -0.274. The molecule has 4 nitrogen and oxygen atoms in total. The molecule has 2 N–H and O–H groups in total. The van der Waals surface area contributed by atoms with Gasteiger partial charge >= 0.3 is 6.36 Å². The van der Waals surface area contributed by atoms with Gasteiger partial charge in [-0.3, -0.25) is 0 Å². The number of fused-ring (bicyclic) bond motifs is 1. The van der Waals surface area contributed by atoms with Crippen LogP contribution in [0.5, 0.6) is 5.75 Å². The number of nitrogens with zero attached hydrogens (tertiary/aromatic N) is 2. The van der Waals surface area contributed by atoms with E-state index in [1.165, 1.54) is 24.3 Å². The van der Waals surface area contributed by atoms with Crippen LogP contribution in [0.2, 0.25) is 0 Å². The van der Waals surface area contributed by atoms with Crippen molar-refractivity contribution >= 4 is 5.82 Å². The number of alkyl halides is 3. The molecule has 1 heterocycles. The fourth-order valence-electron chi connectivity index (χ4n) is 2.40. The Labute approximate surface area is 118 Å². The van der Waals surface area contributed by atoms with Gasteiger partial charge in [0.25, 0.3) is 0 Å². The Bertz CT molecular complexity index is 668. The highest BCUT2D eigenvalue weighted by molar-refractivity contribution is 5.60. The number of nitrogens with two attached hydrogens (primary N) is 1. The van der Waals surface area contributed by atoms with Crippen LogP contribution in [0.3, 0.4) is 0 Å². The molecule has 1 aliphatic rings. The minimum Gasteiger partial charge on any atom is -0.406 e. The van der Waals surface area contributed by atoms with Crippen LogP contribution in [-0.2, 0) is 12.8 Å². The van der Waals surface area contributed by atoms with Gasteiger partial charge in [0.2, 0.25) is 0 Å². The van der Waals surface area contributed by atoms with Crippen molar-refractivity contribution in [2.24, 2.45) is 0 Å². The maximum absolute atomic E-state index is 12.1. The van der Waals surface area contributed by atoms with E-state index in [4.69, 9.17) is 5.73 Å². The largest absolute Gasteiger partial charge is 0.573 e. The smallest absolute Gasteiger partial charge is 0.406 e. The van der Waals surface area contributed by atoms with Crippen LogP contribution < -0.4 is 10.5 Å². The summed E-state index contributed by atoms with van der Waals surface area (Å²) in [6.07, 6.45) is -1.98. The zero-order valence-electron chi connectivity index (χ0n) is 10.9. The van der Waals surface area contributed by atoms with Crippen molar-refractivity contribution in [1.29, 1.82) is 0 Å². The summed E-state index contributed by atoms with van der Waals surface area (Å²) in [5.41, 5.74) is 8.41. The van der Waals surface area contributed by atoms with Crippen LogP contribution in [0.15, 0.2) is 24.3 Å². The van der Waals surface area contributed by atoms with Crippen molar-refractivity contribution < 1.29 is 17.9 Å². The van der Waals surface area contributed by atoms with Crippen molar-refractivity contribution in [3.05, 3.63) is 35.5 Å². The van der Waals surface area contributed by atoms with Gasteiger partial charge in [-0.25, -0.2) is 9.97 Å². The summed E-state index contributed by atoms with van der Waals surface area (Å²) in [7, 11) is 0. The van der Waals surface area contributed by atoms with Crippen molar-refractivity contribution in [3.63, 3.8) is 0 Å². The van der Waals surface area contributed by atoms with Gasteiger partial charge in [-0.1, -0.05) is 0 Å². The Morgan fingerprint density at radius 1 is 1.05 bits per heavy atom. The molecule has 0 unspecified atom stereocenters. The summed E-state index contributed by atoms with van der Waals surface area (Å²) < 4.78 is 40.1. The van der Waals surface area contributed by atoms with Gasteiger partial charge in [0.1, 0.15) is 11.6 Å². The second kappa shape index (κ2) is 4.91. The minimum absolute atomic E-state index is 0.277. The number of hydrogen-bond acceptors (Lipinski definition) is 4. The highest BCUT2D eigenvalue weighted by Gasteiger charge is 2.31. The van der Waals surface area contributed by atoms with E-state index in [1.807, 2.05) is 0 Å². The number of rotatable bonds is 2. The molecule has 0 aliphatic heterocycles. The first-order valence-corrected chi connectivity index (χ1v) is 6.44. The van der Waals surface area contributed by atoms with Gasteiger partial charge in [-0.05, 0) is 43.5 Å². The fourth-order valence-corrected chi connectivity index (χ4v) is 2.40. The molecule has 3 rings (SSSR count). The SMILES string of the molecule is Nc1nc(-c2ccc(OC(F)(F)F)cc2)nc2c1CCC2. The van der Waals surface area contributed by atoms with E-state index >= 15 is 0 Å². The molecule has 1 aromatic carbocycles. The zero-order valence-corrected chi connectivity index (χ0v) is 10.9. The van der Waals surface area contributed by atoms with Gasteiger partial charge in [0.05, 0.1) is 0 Å². The number of halogens is 3. The van der Waals surface area contributed by atoms with Crippen molar-refractivity contribution in [3.8, 4) is 17.1 Å². The Morgan fingerprint density at radius 2 is 1.76 bits per heavy atom. The monoisotopic (exact) mass is 295 g/mol. The number of anilines is 1. The molecule has 7 heteroatoms. The molecule has 0 radical (unpaired) electrons. The lowest BCUT2D eigenvalue weighted by Gasteiger charge is -2.10. The van der Waals surface area contributed by atoms with Crippen LogP contribution in [0.4, 0.5) is 19.0 Å². The van der Waals surface area contributed by atoms with Crippen molar-refractivity contribution in [2.75, 3.05) is 5.73 Å². The summed E-state index contributed by atoms with van der Waals surface area (Å²) in [6, 6.07) is 5.43. The summed E-state index contributed by atoms with van der Waals surface area (Å²) >= 11 is 0. The molecule has 0 spiro atoms. The quantitative estimate of drug-likeness (QED) is 0.924. The van der Waals surface area contributed by atoms with E-state index in [0.29, 0.717) is 17.2 Å². The van der Waals surface area contributed by atoms with Gasteiger partial charge < -0.3 is 10.5 Å². The normalized spacial score (nSPS) is 14.0. The number of aromatic nitrogens is 2. The molecular weight excluding hydrogens is 283 g/mol. The third-order valence-corrected chi connectivity index (χ3v) is 3.31. The maximum atomic E-state index is 12.1. The van der Waals surface area contributed by atoms with E-state index in [-0.39, 0.29) is 5.75 Å². The van der Waals surface area contributed by atoms with Crippen LogP contribution in [0, 0.1) is 0 Å². The third-order valence-electron chi connectivity index (χ3n) is 3.31. The molecule has 0 saturated carbocycles. The highest BCUT2D eigenvalue weighted by atomic mass is 19.4. The average molecular weight is 295 g/mol. The Hall–Kier alpha value is -2.31. The molecule has 2 aromatic rings. The number of hydrogen-bond donors (Lipinski definition) is 1. The molecule has 0 amide bonds. The van der Waals surface area contributed by atoms with E-state index in [2.05, 4.69) is 14.7 Å². The lowest BCUT2D eigenvalue weighted by atomic mass is 10.2. The van der Waals surface area contributed by atoms with Crippen molar-refractivity contribution in [2.45, 2.75) is 25.6 Å². The molecule has 0 fully saturated rings. The number of aryl methyl sites for hydroxylation is 1. The van der Waals surface area contributed by atoms with E-state index in [9.17, 15) is 13.2 Å². The second-order valence-corrected chi connectivity index (χ2v) is 4.78. The number of nitrogen functional groups attached to an aromatic ring is 1. The van der Waals surface area contributed by atoms with Crippen LogP contribution in [-0.4, -0.2) is 16.3 Å². The third kappa shape index (κ3) is 2.91. The van der Waals surface area contributed by atoms with E-state index in [0.717, 1.165) is 30.5 Å². The van der Waals surface area contributed by atoms with Gasteiger partial charge in [-0.15, -0.1) is 13.2 Å². The van der Waals surface area contributed by atoms with Crippen LogP contribution in [0.1, 0.15) is 17.7 Å². The number of ether oxygens (including phenoxy) is 1. The molecule has 0 saturated heterocycles. The zero-order chi connectivity index (χ0) is 15.0. The minimum atomic E-state index is -4.70.